The lowest BCUT2D eigenvalue weighted by Crippen LogP contribution is -2.24. The van der Waals surface area contributed by atoms with Crippen LogP contribution in [0, 0.1) is 5.82 Å². The van der Waals surface area contributed by atoms with Crippen LogP contribution in [0.15, 0.2) is 80.8 Å². The van der Waals surface area contributed by atoms with Crippen LogP contribution < -0.4 is 15.5 Å². The Balaban J connectivity index is 1.48. The van der Waals surface area contributed by atoms with Crippen molar-refractivity contribution in [3.63, 3.8) is 0 Å². The summed E-state index contributed by atoms with van der Waals surface area (Å²) in [6.07, 6.45) is 1.51. The van der Waals surface area contributed by atoms with E-state index in [1.54, 1.807) is 0 Å². The van der Waals surface area contributed by atoms with E-state index in [1.807, 2.05) is 42.5 Å². The van der Waals surface area contributed by atoms with E-state index in [9.17, 15) is 9.18 Å². The number of urea groups is 1. The SMILES string of the molecule is O=C(N/N=C/c1ccc(OCc2ccc(Br)cc2Br)cc1)Nc1ccc(F)cc1. The molecule has 0 bridgehead atoms. The maximum Gasteiger partial charge on any atom is 0.339 e. The highest BCUT2D eigenvalue weighted by Gasteiger charge is 2.03. The Kier molecular flexibility index (Phi) is 7.37. The molecule has 5 nitrogen and oxygen atoms in total. The van der Waals surface area contributed by atoms with Crippen LogP contribution in [0.25, 0.3) is 0 Å². The first kappa shape index (κ1) is 21.0. The zero-order chi connectivity index (χ0) is 20.6. The quantitative estimate of drug-likeness (QED) is 0.305. The van der Waals surface area contributed by atoms with Gasteiger partial charge >= 0.3 is 6.03 Å². The van der Waals surface area contributed by atoms with Crippen molar-refractivity contribution in [3.8, 4) is 5.75 Å². The van der Waals surface area contributed by atoms with Crippen molar-refractivity contribution in [2.75, 3.05) is 5.32 Å². The van der Waals surface area contributed by atoms with E-state index >= 15 is 0 Å². The van der Waals surface area contributed by atoms with Gasteiger partial charge < -0.3 is 10.1 Å². The number of hydrazone groups is 1. The van der Waals surface area contributed by atoms with Gasteiger partial charge in [-0.15, -0.1) is 0 Å². The van der Waals surface area contributed by atoms with Gasteiger partial charge in [0.15, 0.2) is 0 Å². The summed E-state index contributed by atoms with van der Waals surface area (Å²) in [6, 6.07) is 18.2. The molecule has 0 saturated carbocycles. The average Bonchev–Trinajstić information content (AvgIpc) is 2.70. The van der Waals surface area contributed by atoms with Gasteiger partial charge in [0.2, 0.25) is 0 Å². The van der Waals surface area contributed by atoms with E-state index < -0.39 is 6.03 Å². The van der Waals surface area contributed by atoms with Gasteiger partial charge in [0, 0.05) is 20.2 Å². The number of amides is 2. The largest absolute Gasteiger partial charge is 0.489 e. The molecule has 0 atom stereocenters. The first-order chi connectivity index (χ1) is 14.0. The van der Waals surface area contributed by atoms with Crippen molar-refractivity contribution < 1.29 is 13.9 Å². The van der Waals surface area contributed by atoms with E-state index in [0.29, 0.717) is 12.3 Å². The molecule has 0 aliphatic rings. The van der Waals surface area contributed by atoms with Crippen LogP contribution in [0.2, 0.25) is 0 Å². The second-order valence-corrected chi connectivity index (χ2v) is 7.69. The van der Waals surface area contributed by atoms with Crippen molar-refractivity contribution >= 4 is 49.8 Å². The van der Waals surface area contributed by atoms with Crippen molar-refractivity contribution in [1.29, 1.82) is 0 Å². The summed E-state index contributed by atoms with van der Waals surface area (Å²) in [5.41, 5.74) is 4.65. The minimum atomic E-state index is -0.520. The van der Waals surface area contributed by atoms with Crippen LogP contribution in [-0.2, 0) is 6.61 Å². The number of hydrogen-bond acceptors (Lipinski definition) is 3. The van der Waals surface area contributed by atoms with Gasteiger partial charge in [-0.3, -0.25) is 0 Å². The van der Waals surface area contributed by atoms with Gasteiger partial charge in [0.05, 0.1) is 6.21 Å². The molecule has 29 heavy (non-hydrogen) atoms. The lowest BCUT2D eigenvalue weighted by Gasteiger charge is -2.08. The highest BCUT2D eigenvalue weighted by Crippen LogP contribution is 2.23. The second-order valence-electron chi connectivity index (χ2n) is 5.92. The number of nitrogens with one attached hydrogen (secondary N) is 2. The van der Waals surface area contributed by atoms with Crippen molar-refractivity contribution in [2.45, 2.75) is 6.61 Å². The molecule has 3 rings (SSSR count). The molecule has 3 aromatic rings. The van der Waals surface area contributed by atoms with E-state index in [2.05, 4.69) is 47.7 Å². The number of rotatable bonds is 6. The lowest BCUT2D eigenvalue weighted by atomic mass is 10.2. The van der Waals surface area contributed by atoms with Gasteiger partial charge in [-0.05, 0) is 66.2 Å². The molecule has 0 spiro atoms. The molecule has 0 heterocycles. The van der Waals surface area contributed by atoms with Gasteiger partial charge in [-0.25, -0.2) is 14.6 Å². The van der Waals surface area contributed by atoms with E-state index in [1.165, 1.54) is 30.5 Å². The predicted octanol–water partition coefficient (Wildman–Crippen LogP) is 6.09. The van der Waals surface area contributed by atoms with Gasteiger partial charge in [0.1, 0.15) is 18.2 Å². The van der Waals surface area contributed by atoms with E-state index in [-0.39, 0.29) is 5.82 Å². The van der Waals surface area contributed by atoms with Crippen molar-refractivity contribution in [3.05, 3.63) is 92.6 Å². The topological polar surface area (TPSA) is 62.7 Å². The van der Waals surface area contributed by atoms with Crippen LogP contribution in [0.4, 0.5) is 14.9 Å². The first-order valence-corrected chi connectivity index (χ1v) is 10.1. The molecule has 0 saturated heterocycles. The fourth-order valence-corrected chi connectivity index (χ4v) is 3.47. The maximum atomic E-state index is 12.8. The fraction of sp³-hybridized carbons (Fsp3) is 0.0476. The number of benzene rings is 3. The third-order valence-electron chi connectivity index (χ3n) is 3.77. The van der Waals surface area contributed by atoms with Crippen molar-refractivity contribution in [1.82, 2.24) is 5.43 Å². The number of anilines is 1. The lowest BCUT2D eigenvalue weighted by molar-refractivity contribution is 0.252. The number of nitrogens with zero attached hydrogens (tertiary/aromatic N) is 1. The van der Waals surface area contributed by atoms with Crippen LogP contribution in [0.1, 0.15) is 11.1 Å². The zero-order valence-electron chi connectivity index (χ0n) is 15.0. The Hall–Kier alpha value is -2.71. The van der Waals surface area contributed by atoms with Crippen LogP contribution >= 0.6 is 31.9 Å². The molecule has 0 aliphatic carbocycles. The Morgan fingerprint density at radius 2 is 1.76 bits per heavy atom. The minimum absolute atomic E-state index is 0.370. The van der Waals surface area contributed by atoms with E-state index in [4.69, 9.17) is 4.74 Å². The number of carbonyl (C=O) groups excluding carboxylic acids is 1. The summed E-state index contributed by atoms with van der Waals surface area (Å²) in [4.78, 5) is 11.8. The highest BCUT2D eigenvalue weighted by molar-refractivity contribution is 9.11. The summed E-state index contributed by atoms with van der Waals surface area (Å²) in [5, 5.41) is 6.43. The third-order valence-corrected chi connectivity index (χ3v) is 5.00. The summed E-state index contributed by atoms with van der Waals surface area (Å²) < 4.78 is 20.6. The molecular weight excluding hydrogens is 505 g/mol. The molecule has 8 heteroatoms. The van der Waals surface area contributed by atoms with Gasteiger partial charge in [0.25, 0.3) is 0 Å². The van der Waals surface area contributed by atoms with Crippen LogP contribution in [-0.4, -0.2) is 12.2 Å². The Bertz CT molecular complexity index is 1010. The fourth-order valence-electron chi connectivity index (χ4n) is 2.31. The molecule has 0 aromatic heterocycles. The van der Waals surface area contributed by atoms with E-state index in [0.717, 1.165) is 25.8 Å². The second kappa shape index (κ2) is 10.2. The molecule has 0 aliphatic heterocycles. The monoisotopic (exact) mass is 519 g/mol. The van der Waals surface area contributed by atoms with Crippen LogP contribution in [0.3, 0.4) is 0 Å². The highest BCUT2D eigenvalue weighted by atomic mass is 79.9. The molecule has 2 amide bonds. The molecule has 148 valence electrons. The Morgan fingerprint density at radius 1 is 1.03 bits per heavy atom. The number of carbonyl (C=O) groups is 1. The molecule has 0 fully saturated rings. The molecule has 0 unspecified atom stereocenters. The summed E-state index contributed by atoms with van der Waals surface area (Å²) in [5.74, 6) is 0.352. The zero-order valence-corrected chi connectivity index (χ0v) is 18.2. The Labute approximate surface area is 184 Å². The number of halogens is 3. The van der Waals surface area contributed by atoms with Crippen molar-refractivity contribution in [2.24, 2.45) is 5.10 Å². The molecule has 3 aromatic carbocycles. The minimum Gasteiger partial charge on any atom is -0.489 e. The van der Waals surface area contributed by atoms with Crippen LogP contribution in [0.5, 0.6) is 5.75 Å². The molecule has 2 N–H and O–H groups in total. The normalized spacial score (nSPS) is 10.7. The third kappa shape index (κ3) is 6.69. The first-order valence-electron chi connectivity index (χ1n) is 8.52. The molecular formula is C21H16Br2FN3O2. The summed E-state index contributed by atoms with van der Waals surface area (Å²) >= 11 is 6.93. The maximum absolute atomic E-state index is 12.8. The van der Waals surface area contributed by atoms with Gasteiger partial charge in [-0.1, -0.05) is 37.9 Å². The molecule has 0 radical (unpaired) electrons. The smallest absolute Gasteiger partial charge is 0.339 e. The number of hydrogen-bond donors (Lipinski definition) is 2. The summed E-state index contributed by atoms with van der Waals surface area (Å²) in [7, 11) is 0. The summed E-state index contributed by atoms with van der Waals surface area (Å²) in [6.45, 7) is 0.437. The Morgan fingerprint density at radius 3 is 2.45 bits per heavy atom. The average molecular weight is 521 g/mol. The van der Waals surface area contributed by atoms with Gasteiger partial charge in [-0.2, -0.15) is 5.10 Å². The predicted molar refractivity (Wildman–Crippen MR) is 119 cm³/mol. The standard InChI is InChI=1S/C21H16Br2FN3O2/c22-16-4-3-15(20(23)11-16)13-29-19-9-1-14(2-10-19)12-25-27-21(28)26-18-7-5-17(24)6-8-18/h1-12H,13H2,(H2,26,27,28)/b25-12+. The number of ether oxygens (including phenoxy) is 1.